The van der Waals surface area contributed by atoms with Crippen LogP contribution in [0.1, 0.15) is 42.5 Å². The fourth-order valence-electron chi connectivity index (χ4n) is 3.44. The zero-order valence-electron chi connectivity index (χ0n) is 15.4. The Morgan fingerprint density at radius 3 is 2.30 bits per heavy atom. The predicted molar refractivity (Wildman–Crippen MR) is 108 cm³/mol. The predicted octanol–water partition coefficient (Wildman–Crippen LogP) is 4.28. The van der Waals surface area contributed by atoms with Gasteiger partial charge in [-0.15, -0.1) is 0 Å². The lowest BCUT2D eigenvalue weighted by Gasteiger charge is -2.28. The molecule has 5 heteroatoms. The van der Waals surface area contributed by atoms with Crippen LogP contribution in [0.5, 0.6) is 0 Å². The summed E-state index contributed by atoms with van der Waals surface area (Å²) in [6, 6.07) is 15.1. The van der Waals surface area contributed by atoms with E-state index in [0.29, 0.717) is 11.3 Å². The average Bonchev–Trinajstić information content (AvgIpc) is 3.55. The third-order valence-corrected chi connectivity index (χ3v) is 5.19. The summed E-state index contributed by atoms with van der Waals surface area (Å²) in [4.78, 5) is 26.8. The molecule has 140 valence electrons. The highest BCUT2D eigenvalue weighted by Gasteiger charge is 2.29. The highest BCUT2D eigenvalue weighted by Crippen LogP contribution is 2.30. The molecule has 2 fully saturated rings. The minimum atomic E-state index is -0.178. The van der Waals surface area contributed by atoms with Crippen molar-refractivity contribution in [3.8, 4) is 0 Å². The van der Waals surface area contributed by atoms with Gasteiger partial charge in [0, 0.05) is 41.6 Å². The Bertz CT molecular complexity index is 822. The maximum absolute atomic E-state index is 12.6. The van der Waals surface area contributed by atoms with Crippen LogP contribution in [0, 0.1) is 5.92 Å². The maximum atomic E-state index is 12.6. The van der Waals surface area contributed by atoms with Gasteiger partial charge >= 0.3 is 0 Å². The molecule has 0 unspecified atom stereocenters. The van der Waals surface area contributed by atoms with Crippen LogP contribution in [0.25, 0.3) is 0 Å². The van der Waals surface area contributed by atoms with Crippen LogP contribution in [0.2, 0.25) is 0 Å². The molecule has 1 saturated carbocycles. The molecule has 1 saturated heterocycles. The first-order chi connectivity index (χ1) is 13.2. The van der Waals surface area contributed by atoms with E-state index in [2.05, 4.69) is 27.7 Å². The third-order valence-electron chi connectivity index (χ3n) is 5.19. The molecule has 2 amide bonds. The number of amides is 2. The van der Waals surface area contributed by atoms with Crippen LogP contribution < -0.4 is 15.5 Å². The number of carbonyl (C=O) groups is 2. The Morgan fingerprint density at radius 1 is 0.852 bits per heavy atom. The van der Waals surface area contributed by atoms with Gasteiger partial charge in [-0.05, 0) is 74.6 Å². The topological polar surface area (TPSA) is 61.4 Å². The number of anilines is 3. The first-order valence-electron chi connectivity index (χ1n) is 9.76. The lowest BCUT2D eigenvalue weighted by atomic mass is 10.1. The van der Waals surface area contributed by atoms with Gasteiger partial charge in [0.05, 0.1) is 0 Å². The van der Waals surface area contributed by atoms with Crippen LogP contribution in [0.15, 0.2) is 48.5 Å². The van der Waals surface area contributed by atoms with Crippen LogP contribution in [0.4, 0.5) is 17.1 Å². The second-order valence-corrected chi connectivity index (χ2v) is 7.39. The average molecular weight is 363 g/mol. The molecule has 5 nitrogen and oxygen atoms in total. The summed E-state index contributed by atoms with van der Waals surface area (Å²) in [5, 5.41) is 5.82. The van der Waals surface area contributed by atoms with Crippen molar-refractivity contribution in [2.75, 3.05) is 28.6 Å². The van der Waals surface area contributed by atoms with Crippen molar-refractivity contribution in [3.05, 3.63) is 54.1 Å². The van der Waals surface area contributed by atoms with Crippen LogP contribution in [0.3, 0.4) is 0 Å². The van der Waals surface area contributed by atoms with Crippen molar-refractivity contribution in [1.82, 2.24) is 0 Å². The molecule has 2 aromatic rings. The Hall–Kier alpha value is -2.82. The molecule has 0 spiro atoms. The fourth-order valence-corrected chi connectivity index (χ4v) is 3.44. The van der Waals surface area contributed by atoms with E-state index in [0.717, 1.165) is 31.6 Å². The molecular formula is C22H25N3O2. The molecule has 0 aromatic heterocycles. The van der Waals surface area contributed by atoms with Gasteiger partial charge < -0.3 is 15.5 Å². The van der Waals surface area contributed by atoms with E-state index >= 15 is 0 Å². The lowest BCUT2D eigenvalue weighted by molar-refractivity contribution is -0.117. The molecule has 1 aliphatic carbocycles. The minimum Gasteiger partial charge on any atom is -0.372 e. The number of carbonyl (C=O) groups excluding carboxylic acids is 2. The van der Waals surface area contributed by atoms with Crippen molar-refractivity contribution in [1.29, 1.82) is 0 Å². The Labute approximate surface area is 159 Å². The molecule has 0 bridgehead atoms. The van der Waals surface area contributed by atoms with Gasteiger partial charge in [-0.2, -0.15) is 0 Å². The van der Waals surface area contributed by atoms with Gasteiger partial charge in [-0.25, -0.2) is 0 Å². The van der Waals surface area contributed by atoms with E-state index in [9.17, 15) is 9.59 Å². The van der Waals surface area contributed by atoms with Crippen molar-refractivity contribution >= 4 is 28.9 Å². The Balaban J connectivity index is 1.38. The van der Waals surface area contributed by atoms with E-state index in [1.165, 1.54) is 24.9 Å². The summed E-state index contributed by atoms with van der Waals surface area (Å²) in [6.07, 6.45) is 5.71. The molecule has 0 radical (unpaired) electrons. The van der Waals surface area contributed by atoms with Gasteiger partial charge in [0.25, 0.3) is 5.91 Å². The summed E-state index contributed by atoms with van der Waals surface area (Å²) >= 11 is 0. The molecular weight excluding hydrogens is 338 g/mol. The monoisotopic (exact) mass is 363 g/mol. The third kappa shape index (κ3) is 4.48. The summed E-state index contributed by atoms with van der Waals surface area (Å²) < 4.78 is 0. The fraction of sp³-hybridized carbons (Fsp3) is 0.364. The van der Waals surface area contributed by atoms with Gasteiger partial charge in [0.1, 0.15) is 0 Å². The van der Waals surface area contributed by atoms with Gasteiger partial charge in [0.15, 0.2) is 0 Å². The highest BCUT2D eigenvalue weighted by molar-refractivity contribution is 6.05. The Kier molecular flexibility index (Phi) is 5.10. The van der Waals surface area contributed by atoms with Gasteiger partial charge in [-0.3, -0.25) is 9.59 Å². The first-order valence-corrected chi connectivity index (χ1v) is 9.76. The van der Waals surface area contributed by atoms with Crippen molar-refractivity contribution in [2.45, 2.75) is 32.1 Å². The molecule has 2 aliphatic rings. The summed E-state index contributed by atoms with van der Waals surface area (Å²) in [6.45, 7) is 2.20. The molecule has 0 atom stereocenters. The van der Waals surface area contributed by atoms with E-state index in [4.69, 9.17) is 0 Å². The lowest BCUT2D eigenvalue weighted by Crippen LogP contribution is -2.29. The van der Waals surface area contributed by atoms with Crippen LogP contribution in [-0.4, -0.2) is 24.9 Å². The number of piperidine rings is 1. The van der Waals surface area contributed by atoms with Crippen molar-refractivity contribution in [3.63, 3.8) is 0 Å². The second-order valence-electron chi connectivity index (χ2n) is 7.39. The zero-order chi connectivity index (χ0) is 18.6. The standard InChI is InChI=1S/C22H25N3O2/c26-21(16-7-8-16)24-19-6-4-5-17(15-19)22(27)23-18-9-11-20(12-10-18)25-13-2-1-3-14-25/h4-6,9-12,15-16H,1-3,7-8,13-14H2,(H,23,27)(H,24,26). The first kappa shape index (κ1) is 17.6. The summed E-state index contributed by atoms with van der Waals surface area (Å²) in [7, 11) is 0. The zero-order valence-corrected chi connectivity index (χ0v) is 15.4. The summed E-state index contributed by atoms with van der Waals surface area (Å²) in [5.74, 6) is 0.00463. The molecule has 2 N–H and O–H groups in total. The molecule has 4 rings (SSSR count). The number of rotatable bonds is 5. The molecule has 1 heterocycles. The summed E-state index contributed by atoms with van der Waals surface area (Å²) in [5.41, 5.74) is 3.18. The van der Waals surface area contributed by atoms with Gasteiger partial charge in [-0.1, -0.05) is 6.07 Å². The number of benzene rings is 2. The second kappa shape index (κ2) is 7.82. The number of nitrogens with one attached hydrogen (secondary N) is 2. The van der Waals surface area contributed by atoms with Crippen LogP contribution in [-0.2, 0) is 4.79 Å². The number of nitrogens with zero attached hydrogens (tertiary/aromatic N) is 1. The SMILES string of the molecule is O=C(Nc1ccc(N2CCCCC2)cc1)c1cccc(NC(=O)C2CC2)c1. The highest BCUT2D eigenvalue weighted by atomic mass is 16.2. The van der Waals surface area contributed by atoms with Gasteiger partial charge in [0.2, 0.25) is 5.91 Å². The quantitative estimate of drug-likeness (QED) is 0.834. The smallest absolute Gasteiger partial charge is 0.255 e. The van der Waals surface area contributed by atoms with Crippen molar-refractivity contribution < 1.29 is 9.59 Å². The van der Waals surface area contributed by atoms with E-state index in [1.807, 2.05) is 18.2 Å². The van der Waals surface area contributed by atoms with Crippen molar-refractivity contribution in [2.24, 2.45) is 5.92 Å². The van der Waals surface area contributed by atoms with Crippen LogP contribution >= 0.6 is 0 Å². The van der Waals surface area contributed by atoms with E-state index in [1.54, 1.807) is 18.2 Å². The molecule has 2 aromatic carbocycles. The van der Waals surface area contributed by atoms with E-state index < -0.39 is 0 Å². The number of hydrogen-bond donors (Lipinski definition) is 2. The van der Waals surface area contributed by atoms with E-state index in [-0.39, 0.29) is 17.7 Å². The number of hydrogen-bond acceptors (Lipinski definition) is 3. The Morgan fingerprint density at radius 2 is 1.59 bits per heavy atom. The normalized spacial score (nSPS) is 16.7. The minimum absolute atomic E-state index is 0.0425. The largest absolute Gasteiger partial charge is 0.372 e. The molecule has 27 heavy (non-hydrogen) atoms. The maximum Gasteiger partial charge on any atom is 0.255 e. The molecule has 1 aliphatic heterocycles.